The van der Waals surface area contributed by atoms with Crippen LogP contribution in [0.2, 0.25) is 0 Å². The van der Waals surface area contributed by atoms with Gasteiger partial charge in [0, 0.05) is 25.3 Å². The second-order valence-electron chi connectivity index (χ2n) is 5.51. The van der Waals surface area contributed by atoms with Crippen LogP contribution in [0.5, 0.6) is 0 Å². The lowest BCUT2D eigenvalue weighted by Crippen LogP contribution is -2.36. The van der Waals surface area contributed by atoms with Crippen LogP contribution in [0.15, 0.2) is 54.6 Å². The second kappa shape index (κ2) is 9.70. The molecule has 24 heavy (non-hydrogen) atoms. The van der Waals surface area contributed by atoms with Crippen LogP contribution in [0.4, 0.5) is 10.5 Å². The van der Waals surface area contributed by atoms with E-state index in [0.29, 0.717) is 25.3 Å². The van der Waals surface area contributed by atoms with Gasteiger partial charge in [0.25, 0.3) is 0 Å². The highest BCUT2D eigenvalue weighted by Crippen LogP contribution is 2.10. The van der Waals surface area contributed by atoms with E-state index in [1.807, 2.05) is 61.5 Å². The van der Waals surface area contributed by atoms with E-state index in [1.54, 1.807) is 0 Å². The Morgan fingerprint density at radius 2 is 1.79 bits per heavy atom. The molecule has 0 saturated carbocycles. The van der Waals surface area contributed by atoms with Gasteiger partial charge in [-0.1, -0.05) is 42.5 Å². The predicted molar refractivity (Wildman–Crippen MR) is 94.9 cm³/mol. The van der Waals surface area contributed by atoms with Crippen LogP contribution >= 0.6 is 0 Å². The van der Waals surface area contributed by atoms with Gasteiger partial charge in [-0.05, 0) is 30.2 Å². The molecular weight excluding hydrogens is 304 g/mol. The zero-order chi connectivity index (χ0) is 17.2. The fourth-order valence-electron chi connectivity index (χ4n) is 2.25. The number of benzene rings is 2. The van der Waals surface area contributed by atoms with E-state index in [2.05, 4.69) is 10.6 Å². The number of aliphatic hydroxyl groups excluding tert-OH is 1. The number of rotatable bonds is 8. The number of aliphatic hydroxyl groups is 1. The van der Waals surface area contributed by atoms with E-state index in [9.17, 15) is 9.90 Å². The Bertz CT molecular complexity index is 614. The Hall–Kier alpha value is -2.37. The molecule has 0 aliphatic rings. The molecule has 1 atom stereocenters. The molecule has 0 aliphatic heterocycles. The van der Waals surface area contributed by atoms with E-state index in [0.717, 1.165) is 11.1 Å². The second-order valence-corrected chi connectivity index (χ2v) is 5.51. The maximum atomic E-state index is 11.9. The Balaban J connectivity index is 1.72. The van der Waals surface area contributed by atoms with E-state index >= 15 is 0 Å². The summed E-state index contributed by atoms with van der Waals surface area (Å²) in [6.07, 6.45) is -0.112. The highest BCUT2D eigenvalue weighted by Gasteiger charge is 2.08. The lowest BCUT2D eigenvalue weighted by Gasteiger charge is -2.13. The van der Waals surface area contributed by atoms with E-state index in [-0.39, 0.29) is 12.6 Å². The van der Waals surface area contributed by atoms with Crippen molar-refractivity contribution in [3.8, 4) is 0 Å². The van der Waals surface area contributed by atoms with Crippen LogP contribution in [-0.2, 0) is 17.8 Å². The van der Waals surface area contributed by atoms with Crippen molar-refractivity contribution in [2.75, 3.05) is 18.5 Å². The molecule has 1 unspecified atom stereocenters. The van der Waals surface area contributed by atoms with Gasteiger partial charge in [0.05, 0.1) is 12.7 Å². The number of anilines is 1. The number of carbonyl (C=O) groups excluding carboxylic acids is 1. The van der Waals surface area contributed by atoms with Crippen molar-refractivity contribution in [1.29, 1.82) is 0 Å². The summed E-state index contributed by atoms with van der Waals surface area (Å²) in [4.78, 5) is 11.9. The minimum Gasteiger partial charge on any atom is -0.391 e. The standard InChI is InChI=1S/C19H24N2O3/c1-2-24-14-16-8-10-17(11-9-16)21-19(23)20-13-18(22)12-15-6-4-3-5-7-15/h3-11,18,22H,2,12-14H2,1H3,(H2,20,21,23). The number of ether oxygens (including phenoxy) is 1. The minimum absolute atomic E-state index is 0.198. The Labute approximate surface area is 142 Å². The predicted octanol–water partition coefficient (Wildman–Crippen LogP) is 2.95. The maximum Gasteiger partial charge on any atom is 0.319 e. The number of nitrogens with one attached hydrogen (secondary N) is 2. The summed E-state index contributed by atoms with van der Waals surface area (Å²) >= 11 is 0. The monoisotopic (exact) mass is 328 g/mol. The Morgan fingerprint density at radius 1 is 1.08 bits per heavy atom. The molecule has 3 N–H and O–H groups in total. The highest BCUT2D eigenvalue weighted by molar-refractivity contribution is 5.89. The fraction of sp³-hybridized carbons (Fsp3) is 0.316. The molecule has 0 heterocycles. The minimum atomic E-state index is -0.619. The first-order valence-electron chi connectivity index (χ1n) is 8.11. The maximum absolute atomic E-state index is 11.9. The Morgan fingerprint density at radius 3 is 2.46 bits per heavy atom. The topological polar surface area (TPSA) is 70.6 Å². The van der Waals surface area contributed by atoms with E-state index in [4.69, 9.17) is 4.74 Å². The summed E-state index contributed by atoms with van der Waals surface area (Å²) in [5.74, 6) is 0. The number of carbonyl (C=O) groups is 1. The molecule has 128 valence electrons. The quantitative estimate of drug-likeness (QED) is 0.698. The Kier molecular flexibility index (Phi) is 7.26. The van der Waals surface area contributed by atoms with Crippen molar-refractivity contribution in [3.63, 3.8) is 0 Å². The molecule has 2 amide bonds. The van der Waals surface area contributed by atoms with Gasteiger partial charge in [-0.25, -0.2) is 4.79 Å². The van der Waals surface area contributed by atoms with E-state index < -0.39 is 6.10 Å². The van der Waals surface area contributed by atoms with Crippen molar-refractivity contribution in [2.24, 2.45) is 0 Å². The zero-order valence-corrected chi connectivity index (χ0v) is 13.9. The first-order chi connectivity index (χ1) is 11.7. The van der Waals surface area contributed by atoms with Crippen LogP contribution in [0.3, 0.4) is 0 Å². The summed E-state index contributed by atoms with van der Waals surface area (Å²) in [5.41, 5.74) is 2.79. The van der Waals surface area contributed by atoms with Crippen molar-refractivity contribution in [3.05, 3.63) is 65.7 Å². The number of urea groups is 1. The molecule has 2 aromatic rings. The van der Waals surface area contributed by atoms with Crippen molar-refractivity contribution < 1.29 is 14.6 Å². The summed E-state index contributed by atoms with van der Waals surface area (Å²) in [6.45, 7) is 3.39. The molecule has 0 saturated heterocycles. The third kappa shape index (κ3) is 6.40. The average molecular weight is 328 g/mol. The molecule has 0 radical (unpaired) electrons. The third-order valence-electron chi connectivity index (χ3n) is 3.50. The van der Waals surface area contributed by atoms with Crippen LogP contribution < -0.4 is 10.6 Å². The third-order valence-corrected chi connectivity index (χ3v) is 3.50. The van der Waals surface area contributed by atoms with Gasteiger partial charge in [0.15, 0.2) is 0 Å². The van der Waals surface area contributed by atoms with Gasteiger partial charge >= 0.3 is 6.03 Å². The summed E-state index contributed by atoms with van der Waals surface area (Å²) in [5, 5.41) is 15.4. The molecule has 0 aromatic heterocycles. The van der Waals surface area contributed by atoms with Crippen LogP contribution in [0, 0.1) is 0 Å². The van der Waals surface area contributed by atoms with Crippen LogP contribution in [-0.4, -0.2) is 30.4 Å². The van der Waals surface area contributed by atoms with Gasteiger partial charge in [-0.3, -0.25) is 0 Å². The van der Waals surface area contributed by atoms with Gasteiger partial charge < -0.3 is 20.5 Å². The SMILES string of the molecule is CCOCc1ccc(NC(=O)NCC(O)Cc2ccccc2)cc1. The largest absolute Gasteiger partial charge is 0.391 e. The molecule has 0 fully saturated rings. The normalized spacial score (nSPS) is 11.8. The first kappa shape index (κ1) is 18.0. The molecule has 0 spiro atoms. The lowest BCUT2D eigenvalue weighted by molar-refractivity contribution is 0.134. The van der Waals surface area contributed by atoms with Crippen molar-refractivity contribution >= 4 is 11.7 Å². The number of hydrogen-bond donors (Lipinski definition) is 3. The van der Waals surface area contributed by atoms with Crippen LogP contribution in [0.1, 0.15) is 18.1 Å². The average Bonchev–Trinajstić information content (AvgIpc) is 2.60. The summed E-state index contributed by atoms with van der Waals surface area (Å²) < 4.78 is 5.33. The summed E-state index contributed by atoms with van der Waals surface area (Å²) in [7, 11) is 0. The molecule has 0 aliphatic carbocycles. The first-order valence-corrected chi connectivity index (χ1v) is 8.11. The molecule has 5 heteroatoms. The highest BCUT2D eigenvalue weighted by atomic mass is 16.5. The van der Waals surface area contributed by atoms with Crippen molar-refractivity contribution in [2.45, 2.75) is 26.1 Å². The van der Waals surface area contributed by atoms with Crippen LogP contribution in [0.25, 0.3) is 0 Å². The fourth-order valence-corrected chi connectivity index (χ4v) is 2.25. The molecular formula is C19H24N2O3. The molecule has 5 nitrogen and oxygen atoms in total. The van der Waals surface area contributed by atoms with Crippen molar-refractivity contribution in [1.82, 2.24) is 5.32 Å². The molecule has 0 bridgehead atoms. The summed E-state index contributed by atoms with van der Waals surface area (Å²) in [6, 6.07) is 16.8. The molecule has 2 rings (SSSR count). The van der Waals surface area contributed by atoms with E-state index in [1.165, 1.54) is 0 Å². The zero-order valence-electron chi connectivity index (χ0n) is 13.9. The van der Waals surface area contributed by atoms with Gasteiger partial charge in [-0.2, -0.15) is 0 Å². The number of amides is 2. The van der Waals surface area contributed by atoms with Gasteiger partial charge in [-0.15, -0.1) is 0 Å². The smallest absolute Gasteiger partial charge is 0.319 e. The van der Waals surface area contributed by atoms with Gasteiger partial charge in [0.1, 0.15) is 0 Å². The molecule has 2 aromatic carbocycles. The lowest BCUT2D eigenvalue weighted by atomic mass is 10.1. The number of hydrogen-bond acceptors (Lipinski definition) is 3. The van der Waals surface area contributed by atoms with Gasteiger partial charge in [0.2, 0.25) is 0 Å².